The number of halogens is 5. The molecule has 0 saturated carbocycles. The largest absolute Gasteiger partial charge is 0.573 e. The van der Waals surface area contributed by atoms with Crippen LogP contribution in [-0.2, 0) is 5.88 Å². The van der Waals surface area contributed by atoms with Crippen LogP contribution in [0.5, 0.6) is 5.75 Å². The average Bonchev–Trinajstić information content (AvgIpc) is 2.10. The van der Waals surface area contributed by atoms with Crippen molar-refractivity contribution in [2.45, 2.75) is 12.2 Å². The van der Waals surface area contributed by atoms with Crippen LogP contribution < -0.4 is 10.3 Å². The van der Waals surface area contributed by atoms with Crippen LogP contribution in [0.25, 0.3) is 0 Å². The number of rotatable bonds is 2. The van der Waals surface area contributed by atoms with Gasteiger partial charge in [0.15, 0.2) is 0 Å². The highest BCUT2D eigenvalue weighted by molar-refractivity contribution is 14.1. The lowest BCUT2D eigenvalue weighted by Crippen LogP contribution is -2.21. The summed E-state index contributed by atoms with van der Waals surface area (Å²) >= 11 is 6.85. The smallest absolute Gasteiger partial charge is 0.404 e. The number of aromatic nitrogens is 1. The quantitative estimate of drug-likeness (QED) is 0.656. The first-order chi connectivity index (χ1) is 6.83. The molecule has 0 unspecified atom stereocenters. The van der Waals surface area contributed by atoms with E-state index >= 15 is 0 Å². The Morgan fingerprint density at radius 3 is 2.60 bits per heavy atom. The van der Waals surface area contributed by atoms with E-state index in [2.05, 4.69) is 9.72 Å². The molecule has 8 heteroatoms. The fourth-order valence-corrected chi connectivity index (χ4v) is 1.39. The molecule has 1 rings (SSSR count). The number of pyridine rings is 1. The van der Waals surface area contributed by atoms with Gasteiger partial charge in [0, 0.05) is 11.8 Å². The van der Waals surface area contributed by atoms with Crippen LogP contribution in [0.3, 0.4) is 0 Å². The Balaban J connectivity index is 3.17. The van der Waals surface area contributed by atoms with Crippen molar-refractivity contribution < 1.29 is 17.9 Å². The van der Waals surface area contributed by atoms with Gasteiger partial charge >= 0.3 is 6.36 Å². The Bertz CT molecular complexity index is 418. The Morgan fingerprint density at radius 1 is 1.53 bits per heavy atom. The van der Waals surface area contributed by atoms with Crippen LogP contribution in [0.1, 0.15) is 5.69 Å². The third-order valence-corrected chi connectivity index (χ3v) is 2.67. The standard InChI is InChI=1S/C7H4ClF3INO2/c8-2-3-1-4(15-7(9,10)11)5(12)6(14)13-3/h1H,2H2,(H,13,14). The summed E-state index contributed by atoms with van der Waals surface area (Å²) in [5.74, 6) is -0.636. The summed E-state index contributed by atoms with van der Waals surface area (Å²) in [4.78, 5) is 13.4. The van der Waals surface area contributed by atoms with Gasteiger partial charge in [0.2, 0.25) is 0 Å². The van der Waals surface area contributed by atoms with E-state index in [9.17, 15) is 18.0 Å². The molecular formula is C7H4ClF3INO2. The van der Waals surface area contributed by atoms with E-state index in [1.165, 1.54) is 22.6 Å². The summed E-state index contributed by atoms with van der Waals surface area (Å²) in [7, 11) is 0. The van der Waals surface area contributed by atoms with Gasteiger partial charge in [-0.15, -0.1) is 24.8 Å². The van der Waals surface area contributed by atoms with Gasteiger partial charge in [-0.25, -0.2) is 0 Å². The van der Waals surface area contributed by atoms with Gasteiger partial charge in [-0.3, -0.25) is 4.79 Å². The molecule has 0 amide bonds. The van der Waals surface area contributed by atoms with Crippen molar-refractivity contribution in [1.82, 2.24) is 4.98 Å². The van der Waals surface area contributed by atoms with Crippen molar-refractivity contribution in [2.24, 2.45) is 0 Å². The van der Waals surface area contributed by atoms with Gasteiger partial charge in [-0.2, -0.15) is 0 Å². The third-order valence-electron chi connectivity index (χ3n) is 1.36. The van der Waals surface area contributed by atoms with Crippen LogP contribution in [0.15, 0.2) is 10.9 Å². The normalized spacial score (nSPS) is 11.5. The highest BCUT2D eigenvalue weighted by Crippen LogP contribution is 2.26. The Labute approximate surface area is 101 Å². The molecule has 0 bridgehead atoms. The van der Waals surface area contributed by atoms with E-state index in [1.807, 2.05) is 0 Å². The minimum absolute atomic E-state index is 0.0968. The topological polar surface area (TPSA) is 42.1 Å². The molecule has 0 aromatic carbocycles. The minimum atomic E-state index is -4.82. The van der Waals surface area contributed by atoms with Gasteiger partial charge in [-0.1, -0.05) is 0 Å². The molecule has 0 radical (unpaired) electrons. The molecule has 0 aliphatic heterocycles. The van der Waals surface area contributed by atoms with Crippen LogP contribution in [0.4, 0.5) is 13.2 Å². The second-order valence-electron chi connectivity index (χ2n) is 2.48. The second-order valence-corrected chi connectivity index (χ2v) is 3.83. The number of hydrogen-bond donors (Lipinski definition) is 1. The summed E-state index contributed by atoms with van der Waals surface area (Å²) in [6.45, 7) is 0. The first-order valence-corrected chi connectivity index (χ1v) is 5.18. The number of nitrogens with one attached hydrogen (secondary N) is 1. The van der Waals surface area contributed by atoms with Crippen molar-refractivity contribution in [1.29, 1.82) is 0 Å². The molecule has 1 aromatic heterocycles. The molecule has 1 aromatic rings. The highest BCUT2D eigenvalue weighted by atomic mass is 127. The molecule has 0 aliphatic carbocycles. The van der Waals surface area contributed by atoms with Crippen molar-refractivity contribution in [3.63, 3.8) is 0 Å². The van der Waals surface area contributed by atoms with Gasteiger partial charge in [-0.05, 0) is 22.6 Å². The van der Waals surface area contributed by atoms with E-state index in [0.29, 0.717) is 0 Å². The summed E-state index contributed by atoms with van der Waals surface area (Å²) in [6, 6.07) is 1.05. The van der Waals surface area contributed by atoms with Gasteiger partial charge < -0.3 is 9.72 Å². The number of alkyl halides is 4. The second kappa shape index (κ2) is 4.60. The Hall–Kier alpha value is -0.440. The lowest BCUT2D eigenvalue weighted by atomic mass is 10.3. The molecule has 3 nitrogen and oxygen atoms in total. The third kappa shape index (κ3) is 3.56. The van der Waals surface area contributed by atoms with Gasteiger partial charge in [0.05, 0.1) is 5.88 Å². The average molecular weight is 353 g/mol. The van der Waals surface area contributed by atoms with E-state index in [1.54, 1.807) is 0 Å². The van der Waals surface area contributed by atoms with E-state index in [4.69, 9.17) is 11.6 Å². The summed E-state index contributed by atoms with van der Waals surface area (Å²) in [6.07, 6.45) is -4.82. The zero-order valence-corrected chi connectivity index (χ0v) is 9.90. The van der Waals surface area contributed by atoms with Crippen molar-refractivity contribution in [3.05, 3.63) is 25.7 Å². The number of H-pyrrole nitrogens is 1. The van der Waals surface area contributed by atoms with Crippen molar-refractivity contribution in [3.8, 4) is 5.75 Å². The molecule has 0 atom stereocenters. The number of ether oxygens (including phenoxy) is 1. The Morgan fingerprint density at radius 2 is 2.13 bits per heavy atom. The maximum Gasteiger partial charge on any atom is 0.573 e. The van der Waals surface area contributed by atoms with Crippen LogP contribution in [0, 0.1) is 3.57 Å². The lowest BCUT2D eigenvalue weighted by molar-refractivity contribution is -0.275. The van der Waals surface area contributed by atoms with Gasteiger partial charge in [0.25, 0.3) is 5.56 Å². The zero-order valence-electron chi connectivity index (χ0n) is 6.99. The maximum atomic E-state index is 11.9. The lowest BCUT2D eigenvalue weighted by Gasteiger charge is -2.10. The SMILES string of the molecule is O=c1[nH]c(CCl)cc(OC(F)(F)F)c1I. The monoisotopic (exact) mass is 353 g/mol. The molecule has 0 fully saturated rings. The predicted molar refractivity (Wildman–Crippen MR) is 56.0 cm³/mol. The van der Waals surface area contributed by atoms with Crippen molar-refractivity contribution >= 4 is 34.2 Å². The van der Waals surface area contributed by atoms with Crippen LogP contribution >= 0.6 is 34.2 Å². The van der Waals surface area contributed by atoms with Gasteiger partial charge in [0.1, 0.15) is 9.32 Å². The summed E-state index contributed by atoms with van der Waals surface area (Å²) < 4.78 is 39.3. The summed E-state index contributed by atoms with van der Waals surface area (Å²) in [5.41, 5.74) is -0.491. The highest BCUT2D eigenvalue weighted by Gasteiger charge is 2.32. The summed E-state index contributed by atoms with van der Waals surface area (Å²) in [5, 5.41) is 0. The molecule has 15 heavy (non-hydrogen) atoms. The fourth-order valence-electron chi connectivity index (χ4n) is 0.841. The Kier molecular flexibility index (Phi) is 3.87. The molecular weight excluding hydrogens is 349 g/mol. The van der Waals surface area contributed by atoms with Crippen molar-refractivity contribution in [2.75, 3.05) is 0 Å². The first kappa shape index (κ1) is 12.6. The van der Waals surface area contributed by atoms with Crippen LogP contribution in [0.2, 0.25) is 0 Å². The first-order valence-electron chi connectivity index (χ1n) is 3.57. The fraction of sp³-hybridized carbons (Fsp3) is 0.286. The number of hydrogen-bond acceptors (Lipinski definition) is 2. The van der Waals surface area contributed by atoms with E-state index in [-0.39, 0.29) is 15.1 Å². The molecule has 0 spiro atoms. The molecule has 1 heterocycles. The van der Waals surface area contributed by atoms with E-state index in [0.717, 1.165) is 6.07 Å². The maximum absolute atomic E-state index is 11.9. The number of aromatic amines is 1. The molecule has 84 valence electrons. The minimum Gasteiger partial charge on any atom is -0.404 e. The predicted octanol–water partition coefficient (Wildman–Crippen LogP) is 2.62. The molecule has 0 saturated heterocycles. The molecule has 1 N–H and O–H groups in total. The zero-order chi connectivity index (χ0) is 11.6. The molecule has 0 aliphatic rings. The van der Waals surface area contributed by atoms with Crippen LogP contribution in [-0.4, -0.2) is 11.3 Å². The van der Waals surface area contributed by atoms with E-state index < -0.39 is 17.7 Å².